The highest BCUT2D eigenvalue weighted by molar-refractivity contribution is 5.46. The van der Waals surface area contributed by atoms with E-state index < -0.39 is 0 Å². The summed E-state index contributed by atoms with van der Waals surface area (Å²) < 4.78 is 0. The lowest BCUT2D eigenvalue weighted by molar-refractivity contribution is 0.506. The van der Waals surface area contributed by atoms with Crippen LogP contribution in [-0.2, 0) is 0 Å². The number of hydrogen-bond acceptors (Lipinski definition) is 1. The van der Waals surface area contributed by atoms with Gasteiger partial charge in [-0.15, -0.1) is 0 Å². The summed E-state index contributed by atoms with van der Waals surface area (Å²) in [6.45, 7) is 4.68. The van der Waals surface area contributed by atoms with E-state index in [1.807, 2.05) is 7.05 Å². The molecule has 17 heavy (non-hydrogen) atoms. The van der Waals surface area contributed by atoms with Crippen LogP contribution in [0.5, 0.6) is 0 Å². The molecule has 0 saturated carbocycles. The number of hydrogen-bond donors (Lipinski definition) is 1. The summed E-state index contributed by atoms with van der Waals surface area (Å²) in [6.07, 6.45) is 15.0. The number of allylic oxidation sites excluding steroid dienone is 6. The Morgan fingerprint density at radius 2 is 2.12 bits per heavy atom. The van der Waals surface area contributed by atoms with E-state index in [1.54, 1.807) is 5.57 Å². The molecule has 2 aliphatic carbocycles. The van der Waals surface area contributed by atoms with E-state index in [1.165, 1.54) is 30.5 Å². The molecular weight excluding hydrogens is 206 g/mol. The molecule has 0 bridgehead atoms. The highest BCUT2D eigenvalue weighted by Gasteiger charge is 2.19. The fraction of sp³-hybridized carbons (Fsp3) is 0.500. The van der Waals surface area contributed by atoms with E-state index in [2.05, 4.69) is 49.5 Å². The van der Waals surface area contributed by atoms with E-state index in [0.29, 0.717) is 11.8 Å². The molecule has 0 aromatic carbocycles. The average Bonchev–Trinajstić information content (AvgIpc) is 2.39. The zero-order valence-electron chi connectivity index (χ0n) is 11.2. The van der Waals surface area contributed by atoms with Crippen molar-refractivity contribution in [2.45, 2.75) is 33.1 Å². The first-order valence-corrected chi connectivity index (χ1v) is 6.68. The molecule has 0 aromatic heterocycles. The number of nitrogens with one attached hydrogen (secondary N) is 1. The van der Waals surface area contributed by atoms with E-state index in [4.69, 9.17) is 0 Å². The second kappa shape index (κ2) is 5.39. The minimum absolute atomic E-state index is 0.664. The van der Waals surface area contributed by atoms with E-state index in [-0.39, 0.29) is 0 Å². The van der Waals surface area contributed by atoms with Crippen molar-refractivity contribution >= 4 is 0 Å². The molecule has 1 heteroatoms. The maximum absolute atomic E-state index is 3.33. The van der Waals surface area contributed by atoms with Crippen LogP contribution in [0.25, 0.3) is 0 Å². The first-order valence-electron chi connectivity index (χ1n) is 6.68. The van der Waals surface area contributed by atoms with E-state index >= 15 is 0 Å². The van der Waals surface area contributed by atoms with Crippen molar-refractivity contribution in [2.75, 3.05) is 7.05 Å². The zero-order valence-corrected chi connectivity index (χ0v) is 11.2. The second-order valence-electron chi connectivity index (χ2n) is 5.21. The van der Waals surface area contributed by atoms with Crippen molar-refractivity contribution in [3.63, 3.8) is 0 Å². The molecule has 0 amide bonds. The maximum atomic E-state index is 3.33. The van der Waals surface area contributed by atoms with Gasteiger partial charge in [-0.1, -0.05) is 43.7 Å². The maximum Gasteiger partial charge on any atom is 0.0410 e. The van der Waals surface area contributed by atoms with Gasteiger partial charge in [-0.2, -0.15) is 0 Å². The van der Waals surface area contributed by atoms with Gasteiger partial charge in [-0.3, -0.25) is 0 Å². The van der Waals surface area contributed by atoms with Gasteiger partial charge in [0.25, 0.3) is 0 Å². The van der Waals surface area contributed by atoms with Crippen LogP contribution in [-0.4, -0.2) is 7.05 Å². The van der Waals surface area contributed by atoms with Crippen LogP contribution >= 0.6 is 0 Å². The molecule has 92 valence electrons. The van der Waals surface area contributed by atoms with Crippen molar-refractivity contribution in [3.8, 4) is 0 Å². The summed E-state index contributed by atoms with van der Waals surface area (Å²) in [5.74, 6) is 1.35. The Balaban J connectivity index is 2.45. The second-order valence-corrected chi connectivity index (χ2v) is 5.21. The van der Waals surface area contributed by atoms with Crippen molar-refractivity contribution in [2.24, 2.45) is 11.8 Å². The van der Waals surface area contributed by atoms with Crippen LogP contribution in [0.3, 0.4) is 0 Å². The lowest BCUT2D eigenvalue weighted by Crippen LogP contribution is -2.14. The highest BCUT2D eigenvalue weighted by atomic mass is 14.8. The summed E-state index contributed by atoms with van der Waals surface area (Å²) in [7, 11) is 2.01. The quantitative estimate of drug-likeness (QED) is 0.717. The first-order chi connectivity index (χ1) is 8.22. The number of likely N-dealkylation sites (N-methyl/N-ethyl adjacent to an activating group) is 1. The van der Waals surface area contributed by atoms with Gasteiger partial charge in [-0.05, 0) is 42.7 Å². The van der Waals surface area contributed by atoms with Crippen LogP contribution in [0.4, 0.5) is 0 Å². The summed E-state index contributed by atoms with van der Waals surface area (Å²) in [5, 5.41) is 3.33. The third-order valence-electron chi connectivity index (χ3n) is 3.79. The van der Waals surface area contributed by atoms with E-state index in [9.17, 15) is 0 Å². The smallest absolute Gasteiger partial charge is 0.0410 e. The predicted molar refractivity (Wildman–Crippen MR) is 74.6 cm³/mol. The fourth-order valence-corrected chi connectivity index (χ4v) is 2.88. The third kappa shape index (κ3) is 2.71. The highest BCUT2D eigenvalue weighted by Crippen LogP contribution is 2.33. The monoisotopic (exact) mass is 229 g/mol. The van der Waals surface area contributed by atoms with Crippen LogP contribution < -0.4 is 5.32 Å². The van der Waals surface area contributed by atoms with Crippen molar-refractivity contribution in [1.29, 1.82) is 0 Å². The van der Waals surface area contributed by atoms with Crippen molar-refractivity contribution in [1.82, 2.24) is 5.32 Å². The van der Waals surface area contributed by atoms with Gasteiger partial charge in [0.15, 0.2) is 0 Å². The molecule has 2 rings (SSSR count). The summed E-state index contributed by atoms with van der Waals surface area (Å²) in [4.78, 5) is 0. The molecular formula is C16H23N. The normalized spacial score (nSPS) is 33.9. The van der Waals surface area contributed by atoms with E-state index in [0.717, 1.165) is 0 Å². The molecule has 0 heterocycles. The van der Waals surface area contributed by atoms with Gasteiger partial charge < -0.3 is 5.32 Å². The Bertz CT molecular complexity index is 396. The molecule has 2 unspecified atom stereocenters. The summed E-state index contributed by atoms with van der Waals surface area (Å²) in [5.41, 5.74) is 4.31. The minimum Gasteiger partial charge on any atom is -0.388 e. The predicted octanol–water partition coefficient (Wildman–Crippen LogP) is 3.97. The molecule has 1 N–H and O–H groups in total. The first kappa shape index (κ1) is 12.2. The standard InChI is InChI=1S/C16H23N/c1-12-7-6-10-16(17-3)15-9-5-4-8-14(15)13(2)11-12/h5-7,9-10,12-13,17H,4,8,11H2,1-3H3/b7-6-,16-10-. The zero-order chi connectivity index (χ0) is 12.3. The molecule has 0 saturated heterocycles. The Hall–Kier alpha value is -1.24. The Morgan fingerprint density at radius 1 is 1.29 bits per heavy atom. The van der Waals surface area contributed by atoms with Gasteiger partial charge in [-0.25, -0.2) is 0 Å². The number of rotatable bonds is 1. The molecule has 1 nitrogen and oxygen atoms in total. The van der Waals surface area contributed by atoms with Crippen LogP contribution in [0, 0.1) is 11.8 Å². The molecule has 0 fully saturated rings. The van der Waals surface area contributed by atoms with Crippen LogP contribution in [0.2, 0.25) is 0 Å². The molecule has 2 atom stereocenters. The van der Waals surface area contributed by atoms with Gasteiger partial charge in [0.1, 0.15) is 0 Å². The molecule has 2 aliphatic rings. The Labute approximate surface area is 105 Å². The van der Waals surface area contributed by atoms with Crippen LogP contribution in [0.1, 0.15) is 33.1 Å². The Kier molecular flexibility index (Phi) is 3.88. The molecule has 0 radical (unpaired) electrons. The molecule has 0 aromatic rings. The fourth-order valence-electron chi connectivity index (χ4n) is 2.88. The molecule has 0 aliphatic heterocycles. The van der Waals surface area contributed by atoms with Crippen molar-refractivity contribution < 1.29 is 0 Å². The van der Waals surface area contributed by atoms with Crippen molar-refractivity contribution in [3.05, 3.63) is 47.2 Å². The van der Waals surface area contributed by atoms with Gasteiger partial charge in [0.05, 0.1) is 0 Å². The van der Waals surface area contributed by atoms with Gasteiger partial charge in [0.2, 0.25) is 0 Å². The third-order valence-corrected chi connectivity index (χ3v) is 3.79. The Morgan fingerprint density at radius 3 is 2.88 bits per heavy atom. The lowest BCUT2D eigenvalue weighted by atomic mass is 9.83. The average molecular weight is 229 g/mol. The minimum atomic E-state index is 0.664. The largest absolute Gasteiger partial charge is 0.388 e. The summed E-state index contributed by atoms with van der Waals surface area (Å²) in [6, 6.07) is 0. The summed E-state index contributed by atoms with van der Waals surface area (Å²) >= 11 is 0. The van der Waals surface area contributed by atoms with Gasteiger partial charge in [0, 0.05) is 12.7 Å². The SMILES string of the molecule is CN/C1=C\C=C/C(C)CC(C)C2=C1C=CCC2. The molecule has 0 spiro atoms. The lowest BCUT2D eigenvalue weighted by Gasteiger charge is -2.24. The van der Waals surface area contributed by atoms with Gasteiger partial charge >= 0.3 is 0 Å². The van der Waals surface area contributed by atoms with Crippen LogP contribution in [0.15, 0.2) is 47.2 Å². The topological polar surface area (TPSA) is 12.0 Å².